The molecule has 1 saturated heterocycles. The van der Waals surface area contributed by atoms with Crippen LogP contribution in [0.5, 0.6) is 0 Å². The fourth-order valence-electron chi connectivity index (χ4n) is 3.13. The minimum atomic E-state index is -0.464. The standard InChI is InChI=1S/C17H30N2O3/c1-12-5-7-19(8-6-12)15(20)11-13-9-14(10-13)18-16(21)22-17(2,3)4/h12-14H,5-11H2,1-4H3,(H,18,21)/t13-,14+. The van der Waals surface area contributed by atoms with Crippen molar-refractivity contribution in [1.82, 2.24) is 10.2 Å². The smallest absolute Gasteiger partial charge is 0.407 e. The Labute approximate surface area is 133 Å². The van der Waals surface area contributed by atoms with Gasteiger partial charge in [0.2, 0.25) is 5.91 Å². The fraction of sp³-hybridized carbons (Fsp3) is 0.882. The third-order valence-electron chi connectivity index (χ3n) is 4.56. The van der Waals surface area contributed by atoms with E-state index in [1.54, 1.807) is 0 Å². The van der Waals surface area contributed by atoms with Gasteiger partial charge < -0.3 is 15.0 Å². The first-order valence-corrected chi connectivity index (χ1v) is 8.50. The Hall–Kier alpha value is -1.26. The van der Waals surface area contributed by atoms with Gasteiger partial charge in [0.15, 0.2) is 0 Å². The van der Waals surface area contributed by atoms with Crippen LogP contribution in [-0.2, 0) is 9.53 Å². The van der Waals surface area contributed by atoms with Crippen molar-refractivity contribution in [2.45, 2.75) is 71.4 Å². The second-order valence-corrected chi connectivity index (χ2v) is 7.95. The number of hydrogen-bond acceptors (Lipinski definition) is 3. The van der Waals surface area contributed by atoms with E-state index in [4.69, 9.17) is 4.74 Å². The van der Waals surface area contributed by atoms with Gasteiger partial charge in [-0.2, -0.15) is 0 Å². The molecule has 0 aromatic carbocycles. The van der Waals surface area contributed by atoms with Gasteiger partial charge in [-0.25, -0.2) is 4.79 Å². The summed E-state index contributed by atoms with van der Waals surface area (Å²) in [6.45, 7) is 9.64. The Morgan fingerprint density at radius 3 is 2.32 bits per heavy atom. The summed E-state index contributed by atoms with van der Waals surface area (Å²) >= 11 is 0. The highest BCUT2D eigenvalue weighted by Gasteiger charge is 2.34. The Kier molecular flexibility index (Phi) is 5.35. The van der Waals surface area contributed by atoms with Crippen molar-refractivity contribution < 1.29 is 14.3 Å². The third-order valence-corrected chi connectivity index (χ3v) is 4.56. The van der Waals surface area contributed by atoms with Crippen LogP contribution >= 0.6 is 0 Å². The van der Waals surface area contributed by atoms with Crippen LogP contribution in [0.4, 0.5) is 4.79 Å². The highest BCUT2D eigenvalue weighted by atomic mass is 16.6. The number of hydrogen-bond donors (Lipinski definition) is 1. The predicted molar refractivity (Wildman–Crippen MR) is 85.5 cm³/mol. The number of alkyl carbamates (subject to hydrolysis) is 1. The molecule has 2 aliphatic rings. The Morgan fingerprint density at radius 2 is 1.77 bits per heavy atom. The monoisotopic (exact) mass is 310 g/mol. The minimum Gasteiger partial charge on any atom is -0.444 e. The van der Waals surface area contributed by atoms with E-state index in [1.807, 2.05) is 25.7 Å². The minimum absolute atomic E-state index is 0.161. The maximum absolute atomic E-state index is 12.2. The molecule has 1 aliphatic heterocycles. The molecule has 0 unspecified atom stereocenters. The average Bonchev–Trinajstić information content (AvgIpc) is 2.34. The lowest BCUT2D eigenvalue weighted by molar-refractivity contribution is -0.134. The van der Waals surface area contributed by atoms with E-state index in [0.29, 0.717) is 12.3 Å². The maximum Gasteiger partial charge on any atom is 0.407 e. The molecule has 0 radical (unpaired) electrons. The molecule has 1 aliphatic carbocycles. The lowest BCUT2D eigenvalue weighted by Gasteiger charge is -2.38. The van der Waals surface area contributed by atoms with Crippen molar-refractivity contribution in [1.29, 1.82) is 0 Å². The predicted octanol–water partition coefficient (Wildman–Crippen LogP) is 2.94. The number of carbonyl (C=O) groups is 2. The molecule has 1 saturated carbocycles. The lowest BCUT2D eigenvalue weighted by atomic mass is 9.78. The number of likely N-dealkylation sites (tertiary alicyclic amines) is 1. The number of nitrogens with zero attached hydrogens (tertiary/aromatic N) is 1. The summed E-state index contributed by atoms with van der Waals surface area (Å²) in [4.78, 5) is 25.9. The number of rotatable bonds is 3. The summed E-state index contributed by atoms with van der Waals surface area (Å²) in [5, 5.41) is 2.88. The Bertz CT molecular complexity index is 403. The van der Waals surface area contributed by atoms with Gasteiger partial charge in [-0.15, -0.1) is 0 Å². The number of amides is 2. The van der Waals surface area contributed by atoms with Gasteiger partial charge in [-0.3, -0.25) is 4.79 Å². The van der Waals surface area contributed by atoms with E-state index in [0.717, 1.165) is 44.7 Å². The molecule has 0 atom stereocenters. The second-order valence-electron chi connectivity index (χ2n) is 7.95. The largest absolute Gasteiger partial charge is 0.444 e. The van der Waals surface area contributed by atoms with E-state index in [2.05, 4.69) is 12.2 Å². The summed E-state index contributed by atoms with van der Waals surface area (Å²) in [7, 11) is 0. The topological polar surface area (TPSA) is 58.6 Å². The van der Waals surface area contributed by atoms with E-state index < -0.39 is 5.60 Å². The molecule has 1 N–H and O–H groups in total. The van der Waals surface area contributed by atoms with Gasteiger partial charge in [0.05, 0.1) is 0 Å². The second kappa shape index (κ2) is 6.88. The van der Waals surface area contributed by atoms with Gasteiger partial charge in [0, 0.05) is 25.6 Å². The molecule has 2 rings (SSSR count). The van der Waals surface area contributed by atoms with Gasteiger partial charge >= 0.3 is 6.09 Å². The summed E-state index contributed by atoms with van der Waals surface area (Å²) in [6.07, 6.45) is 4.29. The van der Waals surface area contributed by atoms with E-state index in [-0.39, 0.29) is 18.0 Å². The number of carbonyl (C=O) groups excluding carboxylic acids is 2. The van der Waals surface area contributed by atoms with Gasteiger partial charge in [-0.05, 0) is 58.3 Å². The zero-order chi connectivity index (χ0) is 16.3. The van der Waals surface area contributed by atoms with Crippen molar-refractivity contribution in [2.24, 2.45) is 11.8 Å². The molecule has 0 aromatic heterocycles. The molecule has 0 aromatic rings. The SMILES string of the molecule is CC1CCN(C(=O)C[C@H]2C[C@@H](NC(=O)OC(C)(C)C)C2)CC1. The molecular weight excluding hydrogens is 280 g/mol. The molecule has 2 amide bonds. The lowest BCUT2D eigenvalue weighted by Crippen LogP contribution is -2.47. The van der Waals surface area contributed by atoms with Gasteiger partial charge in [0.1, 0.15) is 5.60 Å². The molecule has 22 heavy (non-hydrogen) atoms. The zero-order valence-corrected chi connectivity index (χ0v) is 14.4. The van der Waals surface area contributed by atoms with E-state index in [9.17, 15) is 9.59 Å². The number of ether oxygens (including phenoxy) is 1. The number of piperidine rings is 1. The Morgan fingerprint density at radius 1 is 1.18 bits per heavy atom. The summed E-state index contributed by atoms with van der Waals surface area (Å²) in [6, 6.07) is 0.161. The van der Waals surface area contributed by atoms with Crippen LogP contribution in [0.3, 0.4) is 0 Å². The summed E-state index contributed by atoms with van der Waals surface area (Å²) in [5.41, 5.74) is -0.464. The van der Waals surface area contributed by atoms with Crippen LogP contribution in [0.2, 0.25) is 0 Å². The first-order chi connectivity index (χ1) is 10.2. The summed E-state index contributed by atoms with van der Waals surface area (Å²) in [5.74, 6) is 1.44. The average molecular weight is 310 g/mol. The van der Waals surface area contributed by atoms with Gasteiger partial charge in [-0.1, -0.05) is 6.92 Å². The Balaban J connectivity index is 1.63. The van der Waals surface area contributed by atoms with Crippen LogP contribution in [-0.4, -0.2) is 41.6 Å². The zero-order valence-electron chi connectivity index (χ0n) is 14.4. The third kappa shape index (κ3) is 5.18. The highest BCUT2D eigenvalue weighted by Crippen LogP contribution is 2.31. The molecule has 0 bridgehead atoms. The molecule has 5 nitrogen and oxygen atoms in total. The van der Waals surface area contributed by atoms with Crippen molar-refractivity contribution in [2.75, 3.05) is 13.1 Å². The molecule has 2 fully saturated rings. The van der Waals surface area contributed by atoms with E-state index in [1.165, 1.54) is 0 Å². The number of nitrogens with one attached hydrogen (secondary N) is 1. The van der Waals surface area contributed by atoms with Crippen molar-refractivity contribution in [3.8, 4) is 0 Å². The molecular formula is C17H30N2O3. The van der Waals surface area contributed by atoms with Gasteiger partial charge in [0.25, 0.3) is 0 Å². The normalized spacial score (nSPS) is 26.3. The van der Waals surface area contributed by atoms with Crippen LogP contribution < -0.4 is 5.32 Å². The molecule has 0 spiro atoms. The highest BCUT2D eigenvalue weighted by molar-refractivity contribution is 5.76. The maximum atomic E-state index is 12.2. The molecule has 126 valence electrons. The van der Waals surface area contributed by atoms with Crippen molar-refractivity contribution in [3.05, 3.63) is 0 Å². The van der Waals surface area contributed by atoms with Crippen molar-refractivity contribution >= 4 is 12.0 Å². The van der Waals surface area contributed by atoms with Crippen LogP contribution in [0.15, 0.2) is 0 Å². The van der Waals surface area contributed by atoms with Crippen LogP contribution in [0, 0.1) is 11.8 Å². The molecule has 5 heteroatoms. The summed E-state index contributed by atoms with van der Waals surface area (Å²) < 4.78 is 5.24. The first kappa shape index (κ1) is 17.1. The van der Waals surface area contributed by atoms with Crippen molar-refractivity contribution in [3.63, 3.8) is 0 Å². The van der Waals surface area contributed by atoms with E-state index >= 15 is 0 Å². The van der Waals surface area contributed by atoms with Crippen LogP contribution in [0.1, 0.15) is 59.8 Å². The molecule has 1 heterocycles. The quantitative estimate of drug-likeness (QED) is 0.872. The van der Waals surface area contributed by atoms with Crippen LogP contribution in [0.25, 0.3) is 0 Å². The fourth-order valence-corrected chi connectivity index (χ4v) is 3.13. The first-order valence-electron chi connectivity index (χ1n) is 8.50.